The zero-order valence-electron chi connectivity index (χ0n) is 11.9. The van der Waals surface area contributed by atoms with Crippen LogP contribution in [0.5, 0.6) is 0 Å². The number of rotatable bonds is 4. The molecule has 2 rings (SSSR count). The quantitative estimate of drug-likeness (QED) is 0.629. The van der Waals surface area contributed by atoms with Crippen molar-refractivity contribution in [2.45, 2.75) is 60.3 Å². The summed E-state index contributed by atoms with van der Waals surface area (Å²) in [6.07, 6.45) is 5.86. The van der Waals surface area contributed by atoms with Crippen LogP contribution in [0.2, 0.25) is 0 Å². The van der Waals surface area contributed by atoms with Gasteiger partial charge in [0.2, 0.25) is 0 Å². The lowest BCUT2D eigenvalue weighted by Gasteiger charge is -2.54. The molecule has 0 aromatic heterocycles. The summed E-state index contributed by atoms with van der Waals surface area (Å²) >= 11 is 0. The predicted molar refractivity (Wildman–Crippen MR) is 71.3 cm³/mol. The third kappa shape index (κ3) is 1.83. The Balaban J connectivity index is 1.87. The molecular weight excluding hydrogens is 192 g/mol. The van der Waals surface area contributed by atoms with E-state index in [4.69, 9.17) is 0 Å². The van der Waals surface area contributed by atoms with Crippen LogP contribution >= 0.6 is 0 Å². The highest BCUT2D eigenvalue weighted by Gasteiger charge is 2.47. The van der Waals surface area contributed by atoms with Crippen molar-refractivity contribution in [2.75, 3.05) is 0 Å². The van der Waals surface area contributed by atoms with E-state index in [9.17, 15) is 0 Å². The van der Waals surface area contributed by atoms with Crippen molar-refractivity contribution in [1.29, 1.82) is 0 Å². The molecule has 0 spiro atoms. The molecule has 0 saturated heterocycles. The van der Waals surface area contributed by atoms with E-state index in [1.807, 2.05) is 0 Å². The first-order valence-corrected chi connectivity index (χ1v) is 7.60. The summed E-state index contributed by atoms with van der Waals surface area (Å²) in [7, 11) is 0. The van der Waals surface area contributed by atoms with E-state index in [0.717, 1.165) is 41.4 Å². The van der Waals surface area contributed by atoms with Crippen molar-refractivity contribution < 1.29 is 0 Å². The van der Waals surface area contributed by atoms with E-state index in [1.165, 1.54) is 25.7 Å². The van der Waals surface area contributed by atoms with Gasteiger partial charge in [0, 0.05) is 0 Å². The van der Waals surface area contributed by atoms with Crippen LogP contribution in [0.15, 0.2) is 0 Å². The Morgan fingerprint density at radius 2 is 1.69 bits per heavy atom. The van der Waals surface area contributed by atoms with Gasteiger partial charge >= 0.3 is 0 Å². The molecular formula is C16H30. The van der Waals surface area contributed by atoms with Gasteiger partial charge in [-0.05, 0) is 54.3 Å². The summed E-state index contributed by atoms with van der Waals surface area (Å²) in [6, 6.07) is 0. The van der Waals surface area contributed by atoms with Crippen LogP contribution < -0.4 is 0 Å². The van der Waals surface area contributed by atoms with E-state index in [1.54, 1.807) is 0 Å². The van der Waals surface area contributed by atoms with Gasteiger partial charge in [0.1, 0.15) is 0 Å². The maximum atomic E-state index is 2.55. The fourth-order valence-electron chi connectivity index (χ4n) is 4.80. The molecule has 0 heterocycles. The molecule has 2 fully saturated rings. The molecule has 16 heavy (non-hydrogen) atoms. The minimum Gasteiger partial charge on any atom is -0.0651 e. The number of hydrogen-bond acceptors (Lipinski definition) is 0. The van der Waals surface area contributed by atoms with Gasteiger partial charge in [0.25, 0.3) is 0 Å². The summed E-state index contributed by atoms with van der Waals surface area (Å²) in [4.78, 5) is 0. The highest BCUT2D eigenvalue weighted by atomic mass is 14.5. The molecule has 7 atom stereocenters. The van der Waals surface area contributed by atoms with Crippen LogP contribution in [-0.2, 0) is 0 Å². The molecule has 0 aromatic carbocycles. The molecule has 2 saturated carbocycles. The zero-order valence-corrected chi connectivity index (χ0v) is 11.9. The van der Waals surface area contributed by atoms with E-state index < -0.39 is 0 Å². The van der Waals surface area contributed by atoms with Gasteiger partial charge in [-0.15, -0.1) is 0 Å². The molecule has 0 nitrogen and oxygen atoms in total. The van der Waals surface area contributed by atoms with Gasteiger partial charge in [0.05, 0.1) is 0 Å². The van der Waals surface area contributed by atoms with Crippen LogP contribution in [0.3, 0.4) is 0 Å². The molecule has 2 aliphatic carbocycles. The van der Waals surface area contributed by atoms with E-state index in [0.29, 0.717) is 0 Å². The van der Waals surface area contributed by atoms with Crippen molar-refractivity contribution in [3.63, 3.8) is 0 Å². The molecule has 94 valence electrons. The van der Waals surface area contributed by atoms with E-state index in [-0.39, 0.29) is 0 Å². The molecule has 0 N–H and O–H groups in total. The Labute approximate surface area is 102 Å². The standard InChI is InChI=1S/C16H30/c1-6-13-9-15(11(13)4)12(5)16-8-10(3)14(16)7-2/h10-16H,6-9H2,1-5H3. The SMILES string of the molecule is CCC1CC(C(C)C2CC(C)C2CC)C1C. The van der Waals surface area contributed by atoms with Gasteiger partial charge in [-0.3, -0.25) is 0 Å². The molecule has 0 aromatic rings. The van der Waals surface area contributed by atoms with Crippen LogP contribution in [0.4, 0.5) is 0 Å². The lowest BCUT2D eigenvalue weighted by molar-refractivity contribution is -0.0504. The summed E-state index contributed by atoms with van der Waals surface area (Å²) in [5, 5.41) is 0. The fourth-order valence-corrected chi connectivity index (χ4v) is 4.80. The van der Waals surface area contributed by atoms with Crippen molar-refractivity contribution in [2.24, 2.45) is 41.4 Å². The van der Waals surface area contributed by atoms with Crippen LogP contribution in [0.25, 0.3) is 0 Å². The third-order valence-electron chi connectivity index (χ3n) is 6.27. The smallest absolute Gasteiger partial charge is 0.0352 e. The molecule has 7 unspecified atom stereocenters. The zero-order chi connectivity index (χ0) is 11.9. The first kappa shape index (κ1) is 12.5. The van der Waals surface area contributed by atoms with Crippen LogP contribution in [-0.4, -0.2) is 0 Å². The average molecular weight is 222 g/mol. The van der Waals surface area contributed by atoms with Crippen LogP contribution in [0.1, 0.15) is 60.3 Å². The molecule has 0 heteroatoms. The first-order chi connectivity index (χ1) is 7.60. The Hall–Kier alpha value is 0. The maximum absolute atomic E-state index is 2.55. The Morgan fingerprint density at radius 1 is 1.00 bits per heavy atom. The molecule has 0 bridgehead atoms. The second-order valence-corrected chi connectivity index (χ2v) is 6.74. The molecule has 0 amide bonds. The largest absolute Gasteiger partial charge is 0.0651 e. The first-order valence-electron chi connectivity index (χ1n) is 7.60. The fraction of sp³-hybridized carbons (Fsp3) is 1.00. The maximum Gasteiger partial charge on any atom is -0.0352 e. The van der Waals surface area contributed by atoms with Gasteiger partial charge in [0.15, 0.2) is 0 Å². The Morgan fingerprint density at radius 3 is 2.12 bits per heavy atom. The summed E-state index contributed by atoms with van der Waals surface area (Å²) in [5.41, 5.74) is 0. The molecule has 2 aliphatic rings. The minimum absolute atomic E-state index is 0.999. The van der Waals surface area contributed by atoms with Crippen molar-refractivity contribution in [3.05, 3.63) is 0 Å². The summed E-state index contributed by atoms with van der Waals surface area (Å²) < 4.78 is 0. The summed E-state index contributed by atoms with van der Waals surface area (Å²) in [6.45, 7) is 12.3. The summed E-state index contributed by atoms with van der Waals surface area (Å²) in [5.74, 6) is 7.22. The van der Waals surface area contributed by atoms with Gasteiger partial charge in [-0.2, -0.15) is 0 Å². The highest BCUT2D eigenvalue weighted by molar-refractivity contribution is 4.96. The van der Waals surface area contributed by atoms with Crippen molar-refractivity contribution >= 4 is 0 Å². The second kappa shape index (κ2) is 4.70. The lowest BCUT2D eigenvalue weighted by Crippen LogP contribution is -2.47. The highest BCUT2D eigenvalue weighted by Crippen LogP contribution is 2.55. The Bertz CT molecular complexity index is 232. The third-order valence-corrected chi connectivity index (χ3v) is 6.27. The van der Waals surface area contributed by atoms with Crippen molar-refractivity contribution in [3.8, 4) is 0 Å². The predicted octanol–water partition coefficient (Wildman–Crippen LogP) is 4.99. The number of hydrogen-bond donors (Lipinski definition) is 0. The topological polar surface area (TPSA) is 0 Å². The van der Waals surface area contributed by atoms with Crippen molar-refractivity contribution in [1.82, 2.24) is 0 Å². The van der Waals surface area contributed by atoms with Gasteiger partial charge < -0.3 is 0 Å². The molecule has 0 aliphatic heterocycles. The Kier molecular flexibility index (Phi) is 3.66. The molecule has 0 radical (unpaired) electrons. The van der Waals surface area contributed by atoms with E-state index >= 15 is 0 Å². The lowest BCUT2D eigenvalue weighted by atomic mass is 9.51. The van der Waals surface area contributed by atoms with Crippen LogP contribution in [0, 0.1) is 41.4 Å². The average Bonchev–Trinajstić information content (AvgIpc) is 2.24. The van der Waals surface area contributed by atoms with Gasteiger partial charge in [-0.1, -0.05) is 47.5 Å². The monoisotopic (exact) mass is 222 g/mol. The second-order valence-electron chi connectivity index (χ2n) is 6.74. The van der Waals surface area contributed by atoms with Gasteiger partial charge in [-0.25, -0.2) is 0 Å². The van der Waals surface area contributed by atoms with E-state index in [2.05, 4.69) is 34.6 Å². The normalized spacial score (nSPS) is 49.3. The minimum atomic E-state index is 0.999.